The van der Waals surface area contributed by atoms with Crippen molar-refractivity contribution < 1.29 is 17.6 Å². The van der Waals surface area contributed by atoms with Gasteiger partial charge in [0.25, 0.3) is 0 Å². The monoisotopic (exact) mass is 276 g/mol. The summed E-state index contributed by atoms with van der Waals surface area (Å²) < 4.78 is 50.5. The van der Waals surface area contributed by atoms with Crippen molar-refractivity contribution in [3.63, 3.8) is 0 Å². The van der Waals surface area contributed by atoms with Gasteiger partial charge in [0.15, 0.2) is 0 Å². The molecule has 94 valence electrons. The average molecular weight is 277 g/mol. The Kier molecular flexibility index (Phi) is 3.21. The predicted octanol–water partition coefficient (Wildman–Crippen LogP) is 3.95. The topological polar surface area (TPSA) is 25.8 Å². The molecule has 0 spiro atoms. The highest BCUT2D eigenvalue weighted by molar-refractivity contribution is 6.32. The van der Waals surface area contributed by atoms with Crippen LogP contribution in [-0.4, -0.2) is 9.97 Å². The molecule has 1 aromatic carbocycles. The minimum Gasteiger partial charge on any atom is -0.243 e. The van der Waals surface area contributed by atoms with E-state index in [2.05, 4.69) is 9.97 Å². The molecular formula is C11H5ClF4N2. The summed E-state index contributed by atoms with van der Waals surface area (Å²) in [4.78, 5) is 7.42. The molecule has 18 heavy (non-hydrogen) atoms. The summed E-state index contributed by atoms with van der Waals surface area (Å²) in [7, 11) is 0. The molecular weight excluding hydrogens is 272 g/mol. The van der Waals surface area contributed by atoms with Crippen LogP contribution in [0.3, 0.4) is 0 Å². The second-order valence-electron chi connectivity index (χ2n) is 3.41. The van der Waals surface area contributed by atoms with Crippen LogP contribution in [0.5, 0.6) is 0 Å². The highest BCUT2D eigenvalue weighted by Gasteiger charge is 2.34. The zero-order chi connectivity index (χ0) is 13.3. The molecule has 0 amide bonds. The van der Waals surface area contributed by atoms with Crippen LogP contribution in [0, 0.1) is 5.82 Å². The van der Waals surface area contributed by atoms with Crippen molar-refractivity contribution in [2.75, 3.05) is 0 Å². The molecule has 0 saturated carbocycles. The number of halogens is 5. The first-order chi connectivity index (χ1) is 8.39. The van der Waals surface area contributed by atoms with Crippen LogP contribution < -0.4 is 0 Å². The van der Waals surface area contributed by atoms with Gasteiger partial charge in [-0.3, -0.25) is 0 Å². The number of nitrogens with zero attached hydrogens (tertiary/aromatic N) is 2. The Bertz CT molecular complexity index is 583. The highest BCUT2D eigenvalue weighted by Crippen LogP contribution is 2.34. The summed E-state index contributed by atoms with van der Waals surface area (Å²) in [6.07, 6.45) is -2.27. The van der Waals surface area contributed by atoms with Crippen molar-refractivity contribution >= 4 is 11.6 Å². The Labute approximate surface area is 104 Å². The molecule has 0 N–H and O–H groups in total. The van der Waals surface area contributed by atoms with Crippen LogP contribution in [0.2, 0.25) is 5.02 Å². The van der Waals surface area contributed by atoms with Gasteiger partial charge in [-0.2, -0.15) is 13.2 Å². The lowest BCUT2D eigenvalue weighted by molar-refractivity contribution is -0.139. The number of hydrogen-bond donors (Lipinski definition) is 0. The molecule has 1 heterocycles. The average Bonchev–Trinajstić information content (AvgIpc) is 2.27. The van der Waals surface area contributed by atoms with Crippen molar-refractivity contribution in [3.05, 3.63) is 47.1 Å². The largest absolute Gasteiger partial charge is 0.419 e. The number of alkyl halides is 3. The van der Waals surface area contributed by atoms with Crippen LogP contribution in [0.15, 0.2) is 30.7 Å². The van der Waals surface area contributed by atoms with Gasteiger partial charge >= 0.3 is 6.18 Å². The van der Waals surface area contributed by atoms with E-state index in [1.807, 2.05) is 0 Å². The van der Waals surface area contributed by atoms with Crippen LogP contribution in [0.25, 0.3) is 11.3 Å². The minimum atomic E-state index is -4.72. The Hall–Kier alpha value is -1.69. The van der Waals surface area contributed by atoms with Gasteiger partial charge in [-0.05, 0) is 12.1 Å². The van der Waals surface area contributed by atoms with Gasteiger partial charge < -0.3 is 0 Å². The quantitative estimate of drug-likeness (QED) is 0.737. The van der Waals surface area contributed by atoms with E-state index in [-0.39, 0.29) is 16.3 Å². The zero-order valence-corrected chi connectivity index (χ0v) is 9.43. The van der Waals surface area contributed by atoms with E-state index in [0.29, 0.717) is 6.07 Å². The van der Waals surface area contributed by atoms with Crippen molar-refractivity contribution in [3.8, 4) is 11.3 Å². The fourth-order valence-corrected chi connectivity index (χ4v) is 1.63. The fourth-order valence-electron chi connectivity index (χ4n) is 1.42. The predicted molar refractivity (Wildman–Crippen MR) is 57.4 cm³/mol. The summed E-state index contributed by atoms with van der Waals surface area (Å²) in [5.74, 6) is -1.37. The van der Waals surface area contributed by atoms with E-state index in [4.69, 9.17) is 11.6 Å². The normalized spacial score (nSPS) is 11.6. The van der Waals surface area contributed by atoms with Crippen molar-refractivity contribution in [2.45, 2.75) is 6.18 Å². The number of aromatic nitrogens is 2. The van der Waals surface area contributed by atoms with Gasteiger partial charge in [-0.1, -0.05) is 17.7 Å². The van der Waals surface area contributed by atoms with E-state index in [1.54, 1.807) is 0 Å². The van der Waals surface area contributed by atoms with Gasteiger partial charge in [-0.15, -0.1) is 0 Å². The molecule has 0 bridgehead atoms. The number of rotatable bonds is 1. The first-order valence-corrected chi connectivity index (χ1v) is 5.10. The molecule has 2 aromatic rings. The molecule has 2 nitrogen and oxygen atoms in total. The highest BCUT2D eigenvalue weighted by atomic mass is 35.5. The van der Waals surface area contributed by atoms with E-state index in [1.165, 1.54) is 12.5 Å². The van der Waals surface area contributed by atoms with E-state index in [0.717, 1.165) is 12.1 Å². The molecule has 0 aliphatic heterocycles. The maximum atomic E-state index is 13.4. The third-order valence-corrected chi connectivity index (χ3v) is 2.49. The molecule has 2 rings (SSSR count). The second-order valence-corrected chi connectivity index (χ2v) is 3.82. The first kappa shape index (κ1) is 12.8. The Balaban J connectivity index is 2.51. The molecule has 0 radical (unpaired) electrons. The Morgan fingerprint density at radius 3 is 2.44 bits per heavy atom. The molecule has 0 aliphatic carbocycles. The summed E-state index contributed by atoms with van der Waals surface area (Å²) in [6, 6.07) is 2.51. The van der Waals surface area contributed by atoms with Crippen LogP contribution in [0.4, 0.5) is 17.6 Å². The fraction of sp³-hybridized carbons (Fsp3) is 0.0909. The van der Waals surface area contributed by atoms with Crippen molar-refractivity contribution in [1.29, 1.82) is 0 Å². The number of benzene rings is 1. The molecule has 0 aliphatic rings. The second kappa shape index (κ2) is 4.53. The summed E-state index contributed by atoms with van der Waals surface area (Å²) in [6.45, 7) is 0. The van der Waals surface area contributed by atoms with E-state index >= 15 is 0 Å². The molecule has 0 atom stereocenters. The lowest BCUT2D eigenvalue weighted by Crippen LogP contribution is -2.08. The third kappa shape index (κ3) is 2.43. The van der Waals surface area contributed by atoms with Gasteiger partial charge in [0.2, 0.25) is 0 Å². The summed E-state index contributed by atoms with van der Waals surface area (Å²) in [5, 5.41) is 0.136. The standard InChI is InChI=1S/C11H5ClF4N2/c12-8-4-17-5-18-10(8)6-1-2-7(9(13)3-6)11(14,15)16/h1-5H. The van der Waals surface area contributed by atoms with Crippen molar-refractivity contribution in [1.82, 2.24) is 9.97 Å². The molecule has 0 unspecified atom stereocenters. The van der Waals surface area contributed by atoms with Crippen LogP contribution in [0.1, 0.15) is 5.56 Å². The minimum absolute atomic E-state index is 0.136. The van der Waals surface area contributed by atoms with Crippen molar-refractivity contribution in [2.24, 2.45) is 0 Å². The van der Waals surface area contributed by atoms with E-state index in [9.17, 15) is 17.6 Å². The smallest absolute Gasteiger partial charge is 0.243 e. The summed E-state index contributed by atoms with van der Waals surface area (Å²) in [5.41, 5.74) is -0.983. The Morgan fingerprint density at radius 1 is 1.17 bits per heavy atom. The Morgan fingerprint density at radius 2 is 1.89 bits per heavy atom. The maximum absolute atomic E-state index is 13.4. The van der Waals surface area contributed by atoms with Crippen LogP contribution in [-0.2, 0) is 6.18 Å². The van der Waals surface area contributed by atoms with Gasteiger partial charge in [0.1, 0.15) is 12.1 Å². The lowest BCUT2D eigenvalue weighted by Gasteiger charge is -2.09. The summed E-state index contributed by atoms with van der Waals surface area (Å²) >= 11 is 5.77. The SMILES string of the molecule is Fc1cc(-c2ncncc2Cl)ccc1C(F)(F)F. The molecule has 1 aromatic heterocycles. The molecule has 7 heteroatoms. The zero-order valence-electron chi connectivity index (χ0n) is 8.67. The molecule has 0 fully saturated rings. The van der Waals surface area contributed by atoms with Gasteiger partial charge in [0, 0.05) is 11.8 Å². The number of hydrogen-bond acceptors (Lipinski definition) is 2. The maximum Gasteiger partial charge on any atom is 0.419 e. The third-order valence-electron chi connectivity index (χ3n) is 2.22. The van der Waals surface area contributed by atoms with Gasteiger partial charge in [-0.25, -0.2) is 14.4 Å². The van der Waals surface area contributed by atoms with Crippen LogP contribution >= 0.6 is 11.6 Å². The van der Waals surface area contributed by atoms with E-state index < -0.39 is 17.6 Å². The lowest BCUT2D eigenvalue weighted by atomic mass is 10.1. The first-order valence-electron chi connectivity index (χ1n) is 4.72. The van der Waals surface area contributed by atoms with Gasteiger partial charge in [0.05, 0.1) is 16.3 Å². The molecule has 0 saturated heterocycles.